The van der Waals surface area contributed by atoms with Gasteiger partial charge in [-0.2, -0.15) is 0 Å². The van der Waals surface area contributed by atoms with Crippen molar-refractivity contribution in [3.8, 4) is 11.1 Å². The molecule has 3 saturated heterocycles. The van der Waals surface area contributed by atoms with Crippen molar-refractivity contribution in [2.24, 2.45) is 5.41 Å². The second kappa shape index (κ2) is 9.30. The third-order valence-electron chi connectivity index (χ3n) is 7.10. The Morgan fingerprint density at radius 3 is 2.18 bits per heavy atom. The smallest absolute Gasteiger partial charge is 0.407 e. The summed E-state index contributed by atoms with van der Waals surface area (Å²) in [6.45, 7) is 5.58. The number of nitrogens with one attached hydrogen (secondary N) is 1. The lowest BCUT2D eigenvalue weighted by Crippen LogP contribution is -2.70. The van der Waals surface area contributed by atoms with Gasteiger partial charge in [-0.15, -0.1) is 0 Å². The number of ether oxygens (including phenoxy) is 4. The van der Waals surface area contributed by atoms with Crippen LogP contribution in [0.15, 0.2) is 48.5 Å². The van der Waals surface area contributed by atoms with Crippen LogP contribution in [0, 0.1) is 5.41 Å². The van der Waals surface area contributed by atoms with Gasteiger partial charge in [0.05, 0.1) is 25.9 Å². The Morgan fingerprint density at radius 1 is 1.06 bits per heavy atom. The number of rotatable bonds is 8. The Labute approximate surface area is 200 Å². The minimum absolute atomic E-state index is 0.0476. The number of unbranched alkanes of at least 4 members (excludes halogenated alkanes) is 1. The molecule has 4 aliphatic rings. The fraction of sp³-hybridized carbons (Fsp3) is 0.519. The minimum atomic E-state index is -1.50. The molecule has 6 rings (SSSR count). The van der Waals surface area contributed by atoms with Crippen molar-refractivity contribution >= 4 is 6.09 Å². The van der Waals surface area contributed by atoms with Crippen LogP contribution in [0.5, 0.6) is 0 Å². The van der Waals surface area contributed by atoms with E-state index in [1.54, 1.807) is 0 Å². The van der Waals surface area contributed by atoms with Crippen molar-refractivity contribution in [1.82, 2.24) is 5.32 Å². The monoisotopic (exact) mass is 467 g/mol. The molecule has 2 aromatic rings. The number of hydrogen-bond donors (Lipinski definition) is 2. The average Bonchev–Trinajstić information content (AvgIpc) is 3.19. The highest BCUT2D eigenvalue weighted by Crippen LogP contribution is 2.45. The second-order valence-electron chi connectivity index (χ2n) is 9.94. The normalized spacial score (nSPS) is 27.0. The fourth-order valence-corrected chi connectivity index (χ4v) is 5.11. The molecule has 0 aromatic heterocycles. The molecule has 0 unspecified atom stereocenters. The number of aliphatic hydroxyl groups is 1. The molecule has 2 N–H and O–H groups in total. The lowest BCUT2D eigenvalue weighted by molar-refractivity contribution is -0.477. The van der Waals surface area contributed by atoms with Crippen LogP contribution in [0.1, 0.15) is 50.2 Å². The van der Waals surface area contributed by atoms with E-state index >= 15 is 0 Å². The third-order valence-corrected chi connectivity index (χ3v) is 7.10. The molecule has 182 valence electrons. The molecule has 7 nitrogen and oxygen atoms in total. The Hall–Kier alpha value is -2.45. The van der Waals surface area contributed by atoms with Gasteiger partial charge in [0, 0.05) is 11.3 Å². The zero-order chi connectivity index (χ0) is 23.8. The number of amides is 1. The van der Waals surface area contributed by atoms with Gasteiger partial charge < -0.3 is 29.4 Å². The van der Waals surface area contributed by atoms with Crippen LogP contribution in [0.25, 0.3) is 11.1 Å². The summed E-state index contributed by atoms with van der Waals surface area (Å²) in [7, 11) is 0. The number of hydrogen-bond acceptors (Lipinski definition) is 6. The number of fused-ring (bicyclic) bond motifs is 6. The second-order valence-corrected chi connectivity index (χ2v) is 9.94. The van der Waals surface area contributed by atoms with Crippen molar-refractivity contribution < 1.29 is 28.8 Å². The summed E-state index contributed by atoms with van der Waals surface area (Å²) in [6.07, 6.45) is 0.675. The molecule has 3 aliphatic heterocycles. The van der Waals surface area contributed by atoms with Crippen molar-refractivity contribution in [1.29, 1.82) is 0 Å². The quantitative estimate of drug-likeness (QED) is 0.606. The Morgan fingerprint density at radius 2 is 1.62 bits per heavy atom. The van der Waals surface area contributed by atoms with E-state index in [4.69, 9.17) is 18.9 Å². The van der Waals surface area contributed by atoms with E-state index in [0.717, 1.165) is 24.0 Å². The van der Waals surface area contributed by atoms with Crippen molar-refractivity contribution in [2.45, 2.75) is 57.1 Å². The van der Waals surface area contributed by atoms with Gasteiger partial charge in [-0.1, -0.05) is 75.2 Å². The molecular formula is C27H33NO6. The highest BCUT2D eigenvalue weighted by molar-refractivity contribution is 5.79. The molecule has 3 fully saturated rings. The van der Waals surface area contributed by atoms with Gasteiger partial charge in [0.1, 0.15) is 12.6 Å². The molecule has 7 heteroatoms. The molecular weight excluding hydrogens is 434 g/mol. The molecule has 0 spiro atoms. The van der Waals surface area contributed by atoms with Gasteiger partial charge in [-0.3, -0.25) is 0 Å². The predicted octanol–water partition coefficient (Wildman–Crippen LogP) is 4.18. The van der Waals surface area contributed by atoms with E-state index in [0.29, 0.717) is 26.2 Å². The predicted molar refractivity (Wildman–Crippen MR) is 126 cm³/mol. The maximum atomic E-state index is 13.0. The zero-order valence-corrected chi connectivity index (χ0v) is 19.8. The summed E-state index contributed by atoms with van der Waals surface area (Å²) in [5.41, 5.74) is 4.40. The highest BCUT2D eigenvalue weighted by Gasteiger charge is 2.57. The van der Waals surface area contributed by atoms with Gasteiger partial charge in [0.2, 0.25) is 0 Å². The number of carbonyl (C=O) groups excluding carboxylic acids is 1. The molecule has 0 radical (unpaired) electrons. The summed E-state index contributed by atoms with van der Waals surface area (Å²) < 4.78 is 23.5. The summed E-state index contributed by atoms with van der Waals surface area (Å²) in [5.74, 6) is -1.55. The summed E-state index contributed by atoms with van der Waals surface area (Å²) in [4.78, 5) is 13.0. The van der Waals surface area contributed by atoms with Gasteiger partial charge in [-0.05, 0) is 28.7 Å². The van der Waals surface area contributed by atoms with E-state index in [9.17, 15) is 9.90 Å². The van der Waals surface area contributed by atoms with E-state index in [1.165, 1.54) is 11.1 Å². The molecule has 1 amide bonds. The first kappa shape index (κ1) is 23.3. The fourth-order valence-electron chi connectivity index (χ4n) is 5.11. The van der Waals surface area contributed by atoms with Crippen LogP contribution in [0.2, 0.25) is 0 Å². The van der Waals surface area contributed by atoms with Crippen LogP contribution in [-0.4, -0.2) is 55.7 Å². The first-order valence-corrected chi connectivity index (χ1v) is 12.2. The zero-order valence-electron chi connectivity index (χ0n) is 19.8. The lowest BCUT2D eigenvalue weighted by atomic mass is 9.90. The Bertz CT molecular complexity index is 969. The maximum Gasteiger partial charge on any atom is 0.407 e. The lowest BCUT2D eigenvalue weighted by Gasteiger charge is -2.53. The summed E-state index contributed by atoms with van der Waals surface area (Å²) >= 11 is 0. The van der Waals surface area contributed by atoms with E-state index < -0.39 is 24.2 Å². The minimum Gasteiger partial charge on any atom is -0.449 e. The summed E-state index contributed by atoms with van der Waals surface area (Å²) in [6, 6.07) is 15.5. The SMILES string of the molecule is CCCC[C@@H](O)[C@H](NC(=O)OCC1c2ccccc2-c2ccccc21)C12OCC(C)(CO1)CO2. The van der Waals surface area contributed by atoms with Crippen molar-refractivity contribution in [3.05, 3.63) is 59.7 Å². The highest BCUT2D eigenvalue weighted by atomic mass is 16.9. The first-order chi connectivity index (χ1) is 16.4. The molecule has 1 aliphatic carbocycles. The van der Waals surface area contributed by atoms with Crippen molar-refractivity contribution in [2.75, 3.05) is 26.4 Å². The van der Waals surface area contributed by atoms with Crippen molar-refractivity contribution in [3.63, 3.8) is 0 Å². The first-order valence-electron chi connectivity index (χ1n) is 12.2. The van der Waals surface area contributed by atoms with E-state index in [-0.39, 0.29) is 17.9 Å². The van der Waals surface area contributed by atoms with E-state index in [1.807, 2.05) is 31.2 Å². The van der Waals surface area contributed by atoms with Gasteiger partial charge >= 0.3 is 12.1 Å². The number of benzene rings is 2. The van der Waals surface area contributed by atoms with Crippen LogP contribution in [-0.2, 0) is 18.9 Å². The number of carbonyl (C=O) groups is 1. The molecule has 2 aromatic carbocycles. The largest absolute Gasteiger partial charge is 0.449 e. The van der Waals surface area contributed by atoms with Crippen LogP contribution < -0.4 is 5.32 Å². The third kappa shape index (κ3) is 4.22. The van der Waals surface area contributed by atoms with Crippen LogP contribution in [0.3, 0.4) is 0 Å². The van der Waals surface area contributed by atoms with Crippen LogP contribution in [0.4, 0.5) is 4.79 Å². The standard InChI is InChI=1S/C27H33NO6/c1-3-4-13-23(29)24(27-32-15-26(2,16-33-27)17-34-27)28-25(30)31-14-22-20-11-7-5-9-18(20)19-10-6-8-12-21(19)22/h5-12,22-24,29H,3-4,13-17H2,1-2H3,(H,28,30)/t23-,24+,26?,27?/m1/s1. The van der Waals surface area contributed by atoms with E-state index in [2.05, 4.69) is 36.5 Å². The molecule has 2 bridgehead atoms. The number of aliphatic hydroxyl groups excluding tert-OH is 1. The topological polar surface area (TPSA) is 86.3 Å². The molecule has 0 saturated carbocycles. The molecule has 3 heterocycles. The Balaban J connectivity index is 1.30. The van der Waals surface area contributed by atoms with Crippen LogP contribution >= 0.6 is 0 Å². The van der Waals surface area contributed by atoms with Gasteiger partial charge in [0.25, 0.3) is 0 Å². The number of alkyl carbamates (subject to hydrolysis) is 1. The summed E-state index contributed by atoms with van der Waals surface area (Å²) in [5, 5.41) is 13.8. The van der Waals surface area contributed by atoms with Gasteiger partial charge in [-0.25, -0.2) is 4.79 Å². The average molecular weight is 468 g/mol. The van der Waals surface area contributed by atoms with Gasteiger partial charge in [0.15, 0.2) is 0 Å². The maximum absolute atomic E-state index is 13.0. The molecule has 34 heavy (non-hydrogen) atoms. The molecule has 2 atom stereocenters. The Kier molecular flexibility index (Phi) is 6.37.